The molecule has 18 heavy (non-hydrogen) atoms. The number of hydrogen-bond donors (Lipinski definition) is 0. The molecule has 0 aliphatic rings. The molecule has 0 saturated heterocycles. The van der Waals surface area contributed by atoms with Crippen molar-refractivity contribution >= 4 is 10.8 Å². The first-order chi connectivity index (χ1) is 8.06. The number of likely N-dealkylation sites (N-methyl/N-ethyl adjacent to an activating group) is 1. The zero-order valence-corrected chi connectivity index (χ0v) is 12.8. The van der Waals surface area contributed by atoms with Crippen LogP contribution in [0.4, 0.5) is 0 Å². The second kappa shape index (κ2) is 6.21. The molecule has 0 aliphatic carbocycles. The van der Waals surface area contributed by atoms with E-state index in [1.807, 2.05) is 12.1 Å². The van der Waals surface area contributed by atoms with Crippen LogP contribution in [0.2, 0.25) is 0 Å². The first kappa shape index (κ1) is 15.0. The number of benzene rings is 2. The maximum Gasteiger partial charge on any atom is 0.137 e. The molecule has 0 aromatic heterocycles. The molecule has 0 aliphatic heterocycles. The Morgan fingerprint density at radius 3 is 2.33 bits per heavy atom. The molecular weight excluding hydrogens is 290 g/mol. The fraction of sp³-hybridized carbons (Fsp3) is 0.333. The lowest BCUT2D eigenvalue weighted by Crippen LogP contribution is -3.00. The summed E-state index contributed by atoms with van der Waals surface area (Å²) in [6.07, 6.45) is 0. The number of quaternary nitrogens is 1. The smallest absolute Gasteiger partial charge is 0.137 e. The maximum atomic E-state index is 5.88. The van der Waals surface area contributed by atoms with Gasteiger partial charge in [0, 0.05) is 5.39 Å². The van der Waals surface area contributed by atoms with E-state index < -0.39 is 0 Å². The molecule has 0 heterocycles. The molecule has 0 radical (unpaired) electrons. The molecule has 2 rings (SSSR count). The van der Waals surface area contributed by atoms with Gasteiger partial charge in [-0.1, -0.05) is 36.4 Å². The summed E-state index contributed by atoms with van der Waals surface area (Å²) < 4.78 is 6.80. The number of fused-ring (bicyclic) bond motifs is 1. The number of halogens is 1. The van der Waals surface area contributed by atoms with Gasteiger partial charge in [-0.25, -0.2) is 0 Å². The van der Waals surface area contributed by atoms with Gasteiger partial charge < -0.3 is 26.2 Å². The van der Waals surface area contributed by atoms with E-state index in [1.165, 1.54) is 10.8 Å². The fourth-order valence-electron chi connectivity index (χ4n) is 1.75. The lowest BCUT2D eigenvalue weighted by molar-refractivity contribution is -0.870. The van der Waals surface area contributed by atoms with E-state index in [2.05, 4.69) is 51.5 Å². The Morgan fingerprint density at radius 2 is 1.61 bits per heavy atom. The monoisotopic (exact) mass is 309 g/mol. The molecule has 0 unspecified atom stereocenters. The van der Waals surface area contributed by atoms with Crippen LogP contribution in [0.5, 0.6) is 5.75 Å². The summed E-state index contributed by atoms with van der Waals surface area (Å²) in [7, 11) is 6.52. The van der Waals surface area contributed by atoms with Crippen molar-refractivity contribution in [2.45, 2.75) is 0 Å². The highest BCUT2D eigenvalue weighted by atomic mass is 79.9. The van der Waals surface area contributed by atoms with Crippen LogP contribution in [0.25, 0.3) is 10.8 Å². The Bertz CT molecular complexity index is 500. The molecule has 0 amide bonds. The van der Waals surface area contributed by atoms with Gasteiger partial charge in [-0.05, 0) is 11.5 Å². The van der Waals surface area contributed by atoms with Crippen LogP contribution in [0, 0.1) is 0 Å². The Morgan fingerprint density at radius 1 is 0.944 bits per heavy atom. The van der Waals surface area contributed by atoms with Crippen molar-refractivity contribution in [3.63, 3.8) is 0 Å². The summed E-state index contributed by atoms with van der Waals surface area (Å²) in [5, 5.41) is 2.42. The van der Waals surface area contributed by atoms with Crippen LogP contribution in [0.15, 0.2) is 42.5 Å². The number of ether oxygens (including phenoxy) is 1. The summed E-state index contributed by atoms with van der Waals surface area (Å²) in [4.78, 5) is 0. The molecule has 0 fully saturated rings. The third kappa shape index (κ3) is 4.00. The van der Waals surface area contributed by atoms with E-state index in [9.17, 15) is 0 Å². The topological polar surface area (TPSA) is 9.23 Å². The molecule has 2 aromatic carbocycles. The van der Waals surface area contributed by atoms with Gasteiger partial charge in [0.15, 0.2) is 0 Å². The van der Waals surface area contributed by atoms with Gasteiger partial charge in [-0.2, -0.15) is 0 Å². The van der Waals surface area contributed by atoms with Crippen molar-refractivity contribution in [1.82, 2.24) is 0 Å². The zero-order valence-electron chi connectivity index (χ0n) is 11.2. The summed E-state index contributed by atoms with van der Waals surface area (Å²) in [5.74, 6) is 0.983. The standard InChI is InChI=1S/C15H20NO.BrH/c1-16(2,3)11-12-17-15-10-6-8-13-7-4-5-9-14(13)15;/h4-10H,11-12H2,1-3H3;1H/q+1;/p-1. The largest absolute Gasteiger partial charge is 1.00 e. The van der Waals surface area contributed by atoms with Crippen LogP contribution >= 0.6 is 0 Å². The predicted molar refractivity (Wildman–Crippen MR) is 72.3 cm³/mol. The number of hydrogen-bond acceptors (Lipinski definition) is 1. The Hall–Kier alpha value is -1.06. The summed E-state index contributed by atoms with van der Waals surface area (Å²) in [6, 6.07) is 14.5. The van der Waals surface area contributed by atoms with Crippen LogP contribution in [0.3, 0.4) is 0 Å². The maximum absolute atomic E-state index is 5.88. The molecule has 0 bridgehead atoms. The van der Waals surface area contributed by atoms with Gasteiger partial charge in [0.2, 0.25) is 0 Å². The predicted octanol–water partition coefficient (Wildman–Crippen LogP) is -0.0712. The zero-order chi connectivity index (χ0) is 12.3. The lowest BCUT2D eigenvalue weighted by atomic mass is 10.1. The first-order valence-corrected chi connectivity index (χ1v) is 5.97. The van der Waals surface area contributed by atoms with Crippen molar-refractivity contribution in [1.29, 1.82) is 0 Å². The molecule has 3 heteroatoms. The van der Waals surface area contributed by atoms with Gasteiger partial charge in [-0.15, -0.1) is 0 Å². The highest BCUT2D eigenvalue weighted by molar-refractivity contribution is 5.88. The van der Waals surface area contributed by atoms with Crippen molar-refractivity contribution in [3.05, 3.63) is 42.5 Å². The first-order valence-electron chi connectivity index (χ1n) is 5.97. The highest BCUT2D eigenvalue weighted by Crippen LogP contribution is 2.24. The highest BCUT2D eigenvalue weighted by Gasteiger charge is 2.07. The minimum Gasteiger partial charge on any atom is -1.00 e. The van der Waals surface area contributed by atoms with E-state index in [0.717, 1.165) is 23.4 Å². The van der Waals surface area contributed by atoms with Crippen LogP contribution in [0.1, 0.15) is 0 Å². The third-order valence-corrected chi connectivity index (χ3v) is 2.77. The third-order valence-electron chi connectivity index (χ3n) is 2.77. The summed E-state index contributed by atoms with van der Waals surface area (Å²) in [6.45, 7) is 1.75. The number of nitrogens with zero attached hydrogens (tertiary/aromatic N) is 1. The normalized spacial score (nSPS) is 11.1. The van der Waals surface area contributed by atoms with E-state index in [-0.39, 0.29) is 17.0 Å². The molecule has 98 valence electrons. The van der Waals surface area contributed by atoms with E-state index in [1.54, 1.807) is 0 Å². The van der Waals surface area contributed by atoms with Gasteiger partial charge in [-0.3, -0.25) is 0 Å². The summed E-state index contributed by atoms with van der Waals surface area (Å²) in [5.41, 5.74) is 0. The molecule has 2 nitrogen and oxygen atoms in total. The quantitative estimate of drug-likeness (QED) is 0.719. The van der Waals surface area contributed by atoms with E-state index >= 15 is 0 Å². The second-order valence-corrected chi connectivity index (χ2v) is 5.34. The van der Waals surface area contributed by atoms with Crippen LogP contribution < -0.4 is 21.7 Å². The van der Waals surface area contributed by atoms with Gasteiger partial charge in [0.05, 0.1) is 21.1 Å². The molecular formula is C15H20BrNO. The average Bonchev–Trinajstić information content (AvgIpc) is 2.28. The van der Waals surface area contributed by atoms with Gasteiger partial charge >= 0.3 is 0 Å². The summed E-state index contributed by atoms with van der Waals surface area (Å²) >= 11 is 0. The number of rotatable bonds is 4. The molecule has 0 N–H and O–H groups in total. The Labute approximate surface area is 120 Å². The minimum absolute atomic E-state index is 0. The van der Waals surface area contributed by atoms with Crippen molar-refractivity contribution in [2.24, 2.45) is 0 Å². The van der Waals surface area contributed by atoms with Crippen molar-refractivity contribution < 1.29 is 26.2 Å². The fourth-order valence-corrected chi connectivity index (χ4v) is 1.75. The van der Waals surface area contributed by atoms with Crippen molar-refractivity contribution in [3.8, 4) is 5.75 Å². The van der Waals surface area contributed by atoms with Crippen LogP contribution in [-0.4, -0.2) is 38.8 Å². The Kier molecular flexibility index (Phi) is 5.17. The SMILES string of the molecule is C[N+](C)(C)CCOc1cccc2ccccc12.[Br-]. The van der Waals surface area contributed by atoms with E-state index in [0.29, 0.717) is 0 Å². The molecule has 0 saturated carbocycles. The minimum atomic E-state index is 0. The lowest BCUT2D eigenvalue weighted by Gasteiger charge is -2.23. The molecule has 0 atom stereocenters. The molecule has 2 aromatic rings. The second-order valence-electron chi connectivity index (χ2n) is 5.34. The van der Waals surface area contributed by atoms with Crippen LogP contribution in [-0.2, 0) is 0 Å². The van der Waals surface area contributed by atoms with Gasteiger partial charge in [0.1, 0.15) is 18.9 Å². The van der Waals surface area contributed by atoms with E-state index in [4.69, 9.17) is 4.74 Å². The average molecular weight is 310 g/mol. The van der Waals surface area contributed by atoms with Gasteiger partial charge in [0.25, 0.3) is 0 Å². The molecule has 0 spiro atoms. The van der Waals surface area contributed by atoms with Crippen molar-refractivity contribution in [2.75, 3.05) is 34.3 Å². The Balaban J connectivity index is 0.00000162.